The molecule has 8 nitrogen and oxygen atoms in total. The van der Waals surface area contributed by atoms with Crippen molar-refractivity contribution in [1.29, 1.82) is 0 Å². The van der Waals surface area contributed by atoms with Crippen molar-refractivity contribution in [2.75, 3.05) is 13.7 Å². The van der Waals surface area contributed by atoms with Crippen LogP contribution in [-0.4, -0.2) is 45.0 Å². The van der Waals surface area contributed by atoms with Gasteiger partial charge in [-0.05, 0) is 43.5 Å². The third kappa shape index (κ3) is 9.51. The number of hydrogen-bond donors (Lipinski definition) is 0. The number of pyridine rings is 1. The summed E-state index contributed by atoms with van der Waals surface area (Å²) in [6.45, 7) is 5.04. The molecule has 0 fully saturated rings. The predicted molar refractivity (Wildman–Crippen MR) is 163 cm³/mol. The number of esters is 1. The topological polar surface area (TPSA) is 94.4 Å². The summed E-state index contributed by atoms with van der Waals surface area (Å²) in [5.74, 6) is 0.321. The van der Waals surface area contributed by atoms with Gasteiger partial charge in [0.1, 0.15) is 5.82 Å². The first-order chi connectivity index (χ1) is 20.0. The first-order valence-electron chi connectivity index (χ1n) is 15.3. The van der Waals surface area contributed by atoms with E-state index in [2.05, 4.69) is 11.9 Å². The van der Waals surface area contributed by atoms with Crippen LogP contribution in [0.1, 0.15) is 102 Å². The number of para-hydroxylation sites is 1. The van der Waals surface area contributed by atoms with Crippen LogP contribution in [0, 0.1) is 0 Å². The highest BCUT2D eigenvalue weighted by atomic mass is 16.5. The molecule has 41 heavy (non-hydrogen) atoms. The second kappa shape index (κ2) is 17.3. The maximum atomic E-state index is 13.8. The van der Waals surface area contributed by atoms with Crippen molar-refractivity contribution in [3.05, 3.63) is 70.5 Å². The Labute approximate surface area is 244 Å². The van der Waals surface area contributed by atoms with Crippen LogP contribution in [-0.2, 0) is 27.3 Å². The van der Waals surface area contributed by atoms with Gasteiger partial charge < -0.3 is 9.64 Å². The summed E-state index contributed by atoms with van der Waals surface area (Å²) in [7, 11) is 1.36. The highest BCUT2D eigenvalue weighted by Gasteiger charge is 2.28. The number of carbonyl (C=O) groups excluding carboxylic acids is 2. The lowest BCUT2D eigenvalue weighted by atomic mass is 10.1. The van der Waals surface area contributed by atoms with E-state index in [1.807, 2.05) is 48.2 Å². The van der Waals surface area contributed by atoms with Crippen molar-refractivity contribution in [1.82, 2.24) is 19.4 Å². The molecule has 3 aromatic rings. The molecule has 0 saturated carbocycles. The van der Waals surface area contributed by atoms with E-state index in [1.54, 1.807) is 16.8 Å². The summed E-state index contributed by atoms with van der Waals surface area (Å²) >= 11 is 0. The third-order valence-electron chi connectivity index (χ3n) is 7.59. The molecule has 0 radical (unpaired) electrons. The Balaban J connectivity index is 1.91. The third-order valence-corrected chi connectivity index (χ3v) is 7.59. The molecule has 222 valence electrons. The number of nitrogens with zero attached hydrogens (tertiary/aromatic N) is 4. The van der Waals surface area contributed by atoms with E-state index in [0.29, 0.717) is 55.5 Å². The average Bonchev–Trinajstić information content (AvgIpc) is 3.00. The molecule has 2 aromatic heterocycles. The molecule has 3 rings (SSSR count). The summed E-state index contributed by atoms with van der Waals surface area (Å²) in [5, 5.41) is 0.526. The summed E-state index contributed by atoms with van der Waals surface area (Å²) < 4.78 is 6.47. The molecule has 1 amide bonds. The molecular formula is C33H46N4O4. The fraction of sp³-hybridized carbons (Fsp3) is 0.545. The smallest absolute Gasteiger partial charge is 0.305 e. The van der Waals surface area contributed by atoms with E-state index >= 15 is 0 Å². The van der Waals surface area contributed by atoms with Crippen LogP contribution < -0.4 is 5.56 Å². The fourth-order valence-electron chi connectivity index (χ4n) is 5.29. The minimum Gasteiger partial charge on any atom is -0.469 e. The van der Waals surface area contributed by atoms with Gasteiger partial charge in [-0.2, -0.15) is 0 Å². The Morgan fingerprint density at radius 3 is 2.37 bits per heavy atom. The summed E-state index contributed by atoms with van der Waals surface area (Å²) in [4.78, 5) is 50.6. The number of benzene rings is 1. The van der Waals surface area contributed by atoms with Crippen LogP contribution in [0.4, 0.5) is 0 Å². The number of aromatic nitrogens is 3. The van der Waals surface area contributed by atoms with Gasteiger partial charge in [-0.15, -0.1) is 0 Å². The summed E-state index contributed by atoms with van der Waals surface area (Å²) in [6, 6.07) is 12.7. The van der Waals surface area contributed by atoms with Gasteiger partial charge in [0.2, 0.25) is 5.91 Å². The van der Waals surface area contributed by atoms with Crippen LogP contribution in [0.5, 0.6) is 0 Å². The zero-order valence-corrected chi connectivity index (χ0v) is 25.0. The van der Waals surface area contributed by atoms with E-state index in [0.717, 1.165) is 25.0 Å². The standard InChI is InChI=1S/C33H46N4O4/c1-4-6-7-8-9-10-11-20-30(38)36(25-22-26-17-14-15-23-34-26)29(5-2)32-35-28-19-13-12-18-27(28)33(40)37(32)24-16-21-31(39)41-3/h12-15,17-19,23,29H,4-11,16,20-22,24-25H2,1-3H3. The molecule has 0 saturated heterocycles. The molecule has 0 N–H and O–H groups in total. The van der Waals surface area contributed by atoms with Gasteiger partial charge in [0.25, 0.3) is 5.56 Å². The Morgan fingerprint density at radius 1 is 0.927 bits per heavy atom. The molecule has 0 aliphatic carbocycles. The van der Waals surface area contributed by atoms with Crippen LogP contribution in [0.15, 0.2) is 53.5 Å². The van der Waals surface area contributed by atoms with Crippen molar-refractivity contribution in [2.45, 2.75) is 103 Å². The normalized spacial score (nSPS) is 11.9. The molecular weight excluding hydrogens is 516 g/mol. The number of amides is 1. The van der Waals surface area contributed by atoms with Gasteiger partial charge in [0.05, 0.1) is 24.1 Å². The van der Waals surface area contributed by atoms with Crippen molar-refractivity contribution < 1.29 is 14.3 Å². The molecule has 1 atom stereocenters. The van der Waals surface area contributed by atoms with Gasteiger partial charge in [-0.25, -0.2) is 4.98 Å². The van der Waals surface area contributed by atoms with Gasteiger partial charge in [0.15, 0.2) is 0 Å². The van der Waals surface area contributed by atoms with E-state index in [1.165, 1.54) is 32.8 Å². The molecule has 0 aliphatic rings. The lowest BCUT2D eigenvalue weighted by Crippen LogP contribution is -2.40. The maximum absolute atomic E-state index is 13.8. The molecule has 0 spiro atoms. The Morgan fingerprint density at radius 2 is 1.66 bits per heavy atom. The molecule has 0 aliphatic heterocycles. The fourth-order valence-corrected chi connectivity index (χ4v) is 5.29. The molecule has 8 heteroatoms. The summed E-state index contributed by atoms with van der Waals surface area (Å²) in [6.07, 6.45) is 12.1. The van der Waals surface area contributed by atoms with E-state index in [-0.39, 0.29) is 29.9 Å². The number of ether oxygens (including phenoxy) is 1. The number of rotatable bonds is 18. The predicted octanol–water partition coefficient (Wildman–Crippen LogP) is 6.41. The van der Waals surface area contributed by atoms with Crippen molar-refractivity contribution in [2.24, 2.45) is 0 Å². The van der Waals surface area contributed by atoms with Gasteiger partial charge in [-0.3, -0.25) is 23.9 Å². The number of hydrogen-bond acceptors (Lipinski definition) is 6. The Bertz CT molecular complexity index is 1290. The summed E-state index contributed by atoms with van der Waals surface area (Å²) in [5.41, 5.74) is 1.37. The maximum Gasteiger partial charge on any atom is 0.305 e. The molecule has 1 aromatic carbocycles. The quantitative estimate of drug-likeness (QED) is 0.131. The van der Waals surface area contributed by atoms with Crippen LogP contribution in [0.25, 0.3) is 10.9 Å². The highest BCUT2D eigenvalue weighted by molar-refractivity contribution is 5.78. The van der Waals surface area contributed by atoms with E-state index in [4.69, 9.17) is 9.72 Å². The number of unbranched alkanes of at least 4 members (excludes halogenated alkanes) is 6. The van der Waals surface area contributed by atoms with Crippen LogP contribution >= 0.6 is 0 Å². The van der Waals surface area contributed by atoms with Gasteiger partial charge in [-0.1, -0.05) is 70.6 Å². The number of fused-ring (bicyclic) bond motifs is 1. The largest absolute Gasteiger partial charge is 0.469 e. The second-order valence-electron chi connectivity index (χ2n) is 10.6. The van der Waals surface area contributed by atoms with Gasteiger partial charge >= 0.3 is 5.97 Å². The first-order valence-corrected chi connectivity index (χ1v) is 15.3. The van der Waals surface area contributed by atoms with Crippen LogP contribution in [0.2, 0.25) is 0 Å². The van der Waals surface area contributed by atoms with E-state index in [9.17, 15) is 14.4 Å². The zero-order valence-electron chi connectivity index (χ0n) is 25.0. The second-order valence-corrected chi connectivity index (χ2v) is 10.6. The minimum absolute atomic E-state index is 0.0739. The SMILES string of the molecule is CCCCCCCCCC(=O)N(CCc1ccccn1)C(CC)c1nc2ccccc2c(=O)n1CCCC(=O)OC. The lowest BCUT2D eigenvalue weighted by Gasteiger charge is -2.32. The highest BCUT2D eigenvalue weighted by Crippen LogP contribution is 2.26. The molecule has 2 heterocycles. The average molecular weight is 563 g/mol. The van der Waals surface area contributed by atoms with Gasteiger partial charge in [0, 0.05) is 44.2 Å². The zero-order chi connectivity index (χ0) is 29.5. The van der Waals surface area contributed by atoms with E-state index < -0.39 is 0 Å². The molecule has 0 bridgehead atoms. The van der Waals surface area contributed by atoms with Crippen molar-refractivity contribution in [3.8, 4) is 0 Å². The minimum atomic E-state index is -0.383. The van der Waals surface area contributed by atoms with Crippen molar-refractivity contribution >= 4 is 22.8 Å². The Kier molecular flexibility index (Phi) is 13.5. The van der Waals surface area contributed by atoms with Crippen molar-refractivity contribution in [3.63, 3.8) is 0 Å². The van der Waals surface area contributed by atoms with Crippen LogP contribution in [0.3, 0.4) is 0 Å². The lowest BCUT2D eigenvalue weighted by molar-refractivity contribution is -0.140. The Hall–Kier alpha value is -3.55. The monoisotopic (exact) mass is 562 g/mol. The number of carbonyl (C=O) groups is 2. The molecule has 1 unspecified atom stereocenters. The number of methoxy groups -OCH3 is 1. The first kappa shape index (κ1) is 32.0.